The molecule has 4 nitrogen and oxygen atoms in total. The Labute approximate surface area is 111 Å². The van der Waals surface area contributed by atoms with E-state index in [2.05, 4.69) is 0 Å². The Morgan fingerprint density at radius 3 is 2.65 bits per heavy atom. The number of unbranched alkanes of at least 4 members (excludes halogenated alkanes) is 1. The summed E-state index contributed by atoms with van der Waals surface area (Å²) in [6.45, 7) is 0. The van der Waals surface area contributed by atoms with Crippen molar-refractivity contribution < 1.29 is 13.2 Å². The second-order valence-corrected chi connectivity index (χ2v) is 9.00. The minimum atomic E-state index is -3.38. The van der Waals surface area contributed by atoms with Gasteiger partial charge in [-0.1, -0.05) is 28.0 Å². The van der Waals surface area contributed by atoms with E-state index >= 15 is 0 Å². The molecule has 1 fully saturated rings. The van der Waals surface area contributed by atoms with E-state index in [0.717, 1.165) is 35.1 Å². The van der Waals surface area contributed by atoms with Gasteiger partial charge in [0.1, 0.15) is 0 Å². The molecular formula is C10H19NO3S3. The molecular weight excluding hydrogens is 278 g/mol. The second kappa shape index (κ2) is 6.89. The third-order valence-electron chi connectivity index (χ3n) is 2.74. The summed E-state index contributed by atoms with van der Waals surface area (Å²) >= 11 is 0. The Bertz CT molecular complexity index is 350. The van der Waals surface area contributed by atoms with Crippen LogP contribution in [0.2, 0.25) is 0 Å². The van der Waals surface area contributed by atoms with E-state index in [4.69, 9.17) is 0 Å². The Morgan fingerprint density at radius 2 is 2.12 bits per heavy atom. The van der Waals surface area contributed by atoms with Gasteiger partial charge in [-0.2, -0.15) is 0 Å². The fourth-order valence-electron chi connectivity index (χ4n) is 1.56. The summed E-state index contributed by atoms with van der Waals surface area (Å²) < 4.78 is 23.1. The van der Waals surface area contributed by atoms with Crippen LogP contribution in [0.1, 0.15) is 32.1 Å². The van der Waals surface area contributed by atoms with E-state index in [9.17, 15) is 13.2 Å². The Balaban J connectivity index is 2.15. The Kier molecular flexibility index (Phi) is 6.16. The standard InChI is InChI=1S/C10H19NO3S3/c1-11(17(2,13)14)10(12)6-4-3-5-9-7-8-15-16-9/h9H,3-8H2,1-2H3. The van der Waals surface area contributed by atoms with Gasteiger partial charge in [-0.05, 0) is 19.3 Å². The number of carbonyl (C=O) groups is 1. The van der Waals surface area contributed by atoms with Crippen molar-refractivity contribution in [3.05, 3.63) is 0 Å². The van der Waals surface area contributed by atoms with Crippen molar-refractivity contribution in [1.82, 2.24) is 4.31 Å². The van der Waals surface area contributed by atoms with Gasteiger partial charge in [0.25, 0.3) is 0 Å². The maximum Gasteiger partial charge on any atom is 0.235 e. The molecule has 0 aliphatic carbocycles. The van der Waals surface area contributed by atoms with Crippen molar-refractivity contribution in [1.29, 1.82) is 0 Å². The number of hydrogen-bond acceptors (Lipinski definition) is 5. The van der Waals surface area contributed by atoms with E-state index in [1.54, 1.807) is 0 Å². The molecule has 100 valence electrons. The zero-order valence-electron chi connectivity index (χ0n) is 10.2. The Morgan fingerprint density at radius 1 is 1.41 bits per heavy atom. The minimum absolute atomic E-state index is 0.305. The molecule has 1 amide bonds. The lowest BCUT2D eigenvalue weighted by atomic mass is 10.1. The molecule has 7 heteroatoms. The van der Waals surface area contributed by atoms with Gasteiger partial charge < -0.3 is 0 Å². The van der Waals surface area contributed by atoms with Crippen LogP contribution in [0.5, 0.6) is 0 Å². The maximum absolute atomic E-state index is 11.5. The number of carbonyl (C=O) groups excluding carboxylic acids is 1. The number of amides is 1. The van der Waals surface area contributed by atoms with Gasteiger partial charge in [-0.25, -0.2) is 12.7 Å². The van der Waals surface area contributed by atoms with Crippen LogP contribution in [-0.2, 0) is 14.8 Å². The summed E-state index contributed by atoms with van der Waals surface area (Å²) in [7, 11) is 1.80. The van der Waals surface area contributed by atoms with Gasteiger partial charge in [0.15, 0.2) is 0 Å². The first-order valence-electron chi connectivity index (χ1n) is 5.66. The average molecular weight is 297 g/mol. The largest absolute Gasteiger partial charge is 0.274 e. The second-order valence-electron chi connectivity index (χ2n) is 4.20. The van der Waals surface area contributed by atoms with E-state index in [1.165, 1.54) is 19.2 Å². The lowest BCUT2D eigenvalue weighted by Crippen LogP contribution is -2.31. The molecule has 17 heavy (non-hydrogen) atoms. The Hall–Kier alpha value is 0.120. The number of nitrogens with zero attached hydrogens (tertiary/aromatic N) is 1. The number of hydrogen-bond donors (Lipinski definition) is 0. The highest BCUT2D eigenvalue weighted by molar-refractivity contribution is 8.77. The average Bonchev–Trinajstić information content (AvgIpc) is 2.74. The number of rotatable bonds is 6. The van der Waals surface area contributed by atoms with Crippen LogP contribution in [0.3, 0.4) is 0 Å². The van der Waals surface area contributed by atoms with Crippen molar-refractivity contribution in [3.8, 4) is 0 Å². The van der Waals surface area contributed by atoms with Crippen LogP contribution in [-0.4, -0.2) is 42.9 Å². The van der Waals surface area contributed by atoms with Crippen LogP contribution in [0.25, 0.3) is 0 Å². The molecule has 1 atom stereocenters. The van der Waals surface area contributed by atoms with Crippen molar-refractivity contribution in [2.24, 2.45) is 0 Å². The summed E-state index contributed by atoms with van der Waals surface area (Å²) in [5, 5.41) is 0.725. The summed E-state index contributed by atoms with van der Waals surface area (Å²) in [5.74, 6) is 0.923. The SMILES string of the molecule is CN(C(=O)CCCCC1CCSS1)S(C)(=O)=O. The van der Waals surface area contributed by atoms with Gasteiger partial charge in [0, 0.05) is 24.5 Å². The van der Waals surface area contributed by atoms with Crippen molar-refractivity contribution in [2.75, 3.05) is 19.1 Å². The minimum Gasteiger partial charge on any atom is -0.274 e. The molecule has 1 heterocycles. The number of sulfonamides is 1. The predicted octanol–water partition coefficient (Wildman–Crippen LogP) is 2.12. The van der Waals surface area contributed by atoms with Gasteiger partial charge in [-0.3, -0.25) is 4.79 Å². The van der Waals surface area contributed by atoms with Crippen LogP contribution >= 0.6 is 21.6 Å². The molecule has 1 aliphatic heterocycles. The predicted molar refractivity (Wildman–Crippen MR) is 74.5 cm³/mol. The maximum atomic E-state index is 11.5. The van der Waals surface area contributed by atoms with E-state index < -0.39 is 10.0 Å². The molecule has 0 bridgehead atoms. The van der Waals surface area contributed by atoms with E-state index in [1.807, 2.05) is 21.6 Å². The normalized spacial score (nSPS) is 20.5. The molecule has 0 N–H and O–H groups in total. The van der Waals surface area contributed by atoms with Gasteiger partial charge in [-0.15, -0.1) is 0 Å². The molecule has 0 aromatic heterocycles. The third-order valence-corrected chi connectivity index (χ3v) is 6.95. The molecule has 0 spiro atoms. The van der Waals surface area contributed by atoms with Crippen LogP contribution in [0.15, 0.2) is 0 Å². The summed E-state index contributed by atoms with van der Waals surface area (Å²) in [6, 6.07) is 0. The lowest BCUT2D eigenvalue weighted by molar-refractivity contribution is -0.125. The monoisotopic (exact) mass is 297 g/mol. The summed E-state index contributed by atoms with van der Waals surface area (Å²) in [5.41, 5.74) is 0. The first-order chi connectivity index (χ1) is 7.91. The molecule has 1 rings (SSSR count). The van der Waals surface area contributed by atoms with Crippen molar-refractivity contribution in [2.45, 2.75) is 37.4 Å². The lowest BCUT2D eigenvalue weighted by Gasteiger charge is -2.14. The van der Waals surface area contributed by atoms with Crippen LogP contribution < -0.4 is 0 Å². The highest BCUT2D eigenvalue weighted by Crippen LogP contribution is 2.39. The van der Waals surface area contributed by atoms with Gasteiger partial charge in [0.2, 0.25) is 15.9 Å². The molecule has 1 unspecified atom stereocenters. The van der Waals surface area contributed by atoms with E-state index in [0.29, 0.717) is 6.42 Å². The smallest absolute Gasteiger partial charge is 0.235 e. The van der Waals surface area contributed by atoms with Crippen molar-refractivity contribution in [3.63, 3.8) is 0 Å². The first-order valence-corrected chi connectivity index (χ1v) is 9.89. The fourth-order valence-corrected chi connectivity index (χ4v) is 5.04. The van der Waals surface area contributed by atoms with Crippen LogP contribution in [0.4, 0.5) is 0 Å². The first kappa shape index (κ1) is 15.2. The van der Waals surface area contributed by atoms with Crippen molar-refractivity contribution >= 4 is 37.5 Å². The molecule has 1 saturated heterocycles. The fraction of sp³-hybridized carbons (Fsp3) is 0.900. The zero-order chi connectivity index (χ0) is 12.9. The highest BCUT2D eigenvalue weighted by Gasteiger charge is 2.19. The molecule has 0 aromatic carbocycles. The molecule has 0 radical (unpaired) electrons. The summed E-state index contributed by atoms with van der Waals surface area (Å²) in [6.07, 6.45) is 5.55. The van der Waals surface area contributed by atoms with Gasteiger partial charge in [0.05, 0.1) is 6.26 Å². The highest BCUT2D eigenvalue weighted by atomic mass is 33.1. The molecule has 0 saturated carbocycles. The zero-order valence-corrected chi connectivity index (χ0v) is 12.7. The van der Waals surface area contributed by atoms with Gasteiger partial charge >= 0.3 is 0 Å². The third kappa shape index (κ3) is 5.52. The quantitative estimate of drug-likeness (QED) is 0.555. The van der Waals surface area contributed by atoms with E-state index in [-0.39, 0.29) is 5.91 Å². The van der Waals surface area contributed by atoms with Crippen LogP contribution in [0, 0.1) is 0 Å². The molecule has 1 aliphatic rings. The summed E-state index contributed by atoms with van der Waals surface area (Å²) in [4.78, 5) is 11.5. The molecule has 0 aromatic rings. The topological polar surface area (TPSA) is 54.5 Å².